The third-order valence-corrected chi connectivity index (χ3v) is 4.02. The van der Waals surface area contributed by atoms with E-state index >= 15 is 0 Å². The van der Waals surface area contributed by atoms with Gasteiger partial charge in [0.15, 0.2) is 0 Å². The zero-order valence-electron chi connectivity index (χ0n) is 11.5. The lowest BCUT2D eigenvalue weighted by molar-refractivity contribution is -0.145. The number of aromatic hydroxyl groups is 1. The third kappa shape index (κ3) is 2.61. The van der Waals surface area contributed by atoms with Gasteiger partial charge in [0.1, 0.15) is 11.3 Å². The number of hydrogen-bond acceptors (Lipinski definition) is 3. The van der Waals surface area contributed by atoms with Crippen molar-refractivity contribution >= 4 is 11.9 Å². The lowest BCUT2D eigenvalue weighted by atomic mass is 9.81. The van der Waals surface area contributed by atoms with Crippen LogP contribution in [0.5, 0.6) is 5.75 Å². The lowest BCUT2D eigenvalue weighted by Crippen LogP contribution is -2.55. The molecule has 2 rings (SSSR count). The van der Waals surface area contributed by atoms with Crippen molar-refractivity contribution in [3.05, 3.63) is 29.3 Å². The number of amides is 1. The van der Waals surface area contributed by atoms with Crippen molar-refractivity contribution in [1.82, 2.24) is 5.32 Å². The van der Waals surface area contributed by atoms with Crippen LogP contribution in [0.15, 0.2) is 18.2 Å². The number of carboxylic acid groups (broad SMARTS) is 1. The normalized spacial score (nSPS) is 17.4. The molecule has 1 amide bonds. The smallest absolute Gasteiger partial charge is 0.329 e. The number of carbonyl (C=O) groups excluding carboxylic acids is 1. The van der Waals surface area contributed by atoms with Crippen LogP contribution >= 0.6 is 0 Å². The SMILES string of the molecule is Cc1c(O)cccc1C(=O)NC1(C(=O)O)CCCCC1. The predicted octanol–water partition coefficient (Wildman–Crippen LogP) is 2.22. The molecule has 0 radical (unpaired) electrons. The maximum absolute atomic E-state index is 12.3. The van der Waals surface area contributed by atoms with Gasteiger partial charge in [-0.25, -0.2) is 4.79 Å². The summed E-state index contributed by atoms with van der Waals surface area (Å²) in [6.07, 6.45) is 3.49. The van der Waals surface area contributed by atoms with Crippen molar-refractivity contribution in [1.29, 1.82) is 0 Å². The molecule has 5 heteroatoms. The van der Waals surface area contributed by atoms with Gasteiger partial charge in [0.25, 0.3) is 5.91 Å². The Labute approximate surface area is 117 Å². The molecule has 5 nitrogen and oxygen atoms in total. The van der Waals surface area contributed by atoms with Crippen LogP contribution in [0, 0.1) is 6.92 Å². The lowest BCUT2D eigenvalue weighted by Gasteiger charge is -2.34. The van der Waals surface area contributed by atoms with E-state index in [0.29, 0.717) is 24.0 Å². The molecule has 0 atom stereocenters. The van der Waals surface area contributed by atoms with Gasteiger partial charge in [-0.3, -0.25) is 4.79 Å². The Hall–Kier alpha value is -2.04. The van der Waals surface area contributed by atoms with E-state index in [1.54, 1.807) is 19.1 Å². The summed E-state index contributed by atoms with van der Waals surface area (Å²) in [6, 6.07) is 4.66. The zero-order chi connectivity index (χ0) is 14.8. The van der Waals surface area contributed by atoms with Crippen molar-refractivity contribution in [2.75, 3.05) is 0 Å². The summed E-state index contributed by atoms with van der Waals surface area (Å²) in [5.41, 5.74) is -0.398. The number of aliphatic carboxylic acids is 1. The number of phenols is 1. The molecule has 1 aliphatic carbocycles. The van der Waals surface area contributed by atoms with E-state index in [9.17, 15) is 19.8 Å². The molecule has 1 saturated carbocycles. The van der Waals surface area contributed by atoms with Gasteiger partial charge in [-0.05, 0) is 31.9 Å². The fourth-order valence-corrected chi connectivity index (χ4v) is 2.70. The van der Waals surface area contributed by atoms with Crippen LogP contribution in [0.4, 0.5) is 0 Å². The Morgan fingerprint density at radius 2 is 1.85 bits per heavy atom. The van der Waals surface area contributed by atoms with Crippen LogP contribution in [-0.4, -0.2) is 27.6 Å². The quantitative estimate of drug-likeness (QED) is 0.790. The van der Waals surface area contributed by atoms with Crippen LogP contribution < -0.4 is 5.32 Å². The molecule has 0 heterocycles. The zero-order valence-corrected chi connectivity index (χ0v) is 11.5. The highest BCUT2D eigenvalue weighted by atomic mass is 16.4. The number of benzene rings is 1. The maximum atomic E-state index is 12.3. The summed E-state index contributed by atoms with van der Waals surface area (Å²) < 4.78 is 0. The molecule has 1 aliphatic rings. The van der Waals surface area contributed by atoms with Crippen molar-refractivity contribution in [3.63, 3.8) is 0 Å². The number of rotatable bonds is 3. The van der Waals surface area contributed by atoms with Gasteiger partial charge in [-0.2, -0.15) is 0 Å². The molecule has 0 saturated heterocycles. The minimum Gasteiger partial charge on any atom is -0.508 e. The second-order valence-electron chi connectivity index (χ2n) is 5.35. The minimum absolute atomic E-state index is 0.0330. The summed E-state index contributed by atoms with van der Waals surface area (Å²) in [5.74, 6) is -1.39. The Balaban J connectivity index is 2.25. The van der Waals surface area contributed by atoms with E-state index in [1.807, 2.05) is 0 Å². The van der Waals surface area contributed by atoms with Gasteiger partial charge in [0, 0.05) is 11.1 Å². The molecule has 1 aromatic carbocycles. The number of phenolic OH excluding ortho intramolecular Hbond substituents is 1. The van der Waals surface area contributed by atoms with Gasteiger partial charge in [0.2, 0.25) is 0 Å². The van der Waals surface area contributed by atoms with Gasteiger partial charge >= 0.3 is 5.97 Å². The second kappa shape index (κ2) is 5.53. The van der Waals surface area contributed by atoms with E-state index in [2.05, 4.69) is 5.32 Å². The molecular weight excluding hydrogens is 258 g/mol. The largest absolute Gasteiger partial charge is 0.508 e. The van der Waals surface area contributed by atoms with E-state index in [0.717, 1.165) is 19.3 Å². The fraction of sp³-hybridized carbons (Fsp3) is 0.467. The van der Waals surface area contributed by atoms with E-state index in [-0.39, 0.29) is 5.75 Å². The average molecular weight is 277 g/mol. The van der Waals surface area contributed by atoms with Crippen molar-refractivity contribution in [2.45, 2.75) is 44.6 Å². The van der Waals surface area contributed by atoms with E-state index in [1.165, 1.54) is 6.07 Å². The molecule has 3 N–H and O–H groups in total. The number of nitrogens with one attached hydrogen (secondary N) is 1. The first-order valence-corrected chi connectivity index (χ1v) is 6.81. The Morgan fingerprint density at radius 3 is 2.45 bits per heavy atom. The highest BCUT2D eigenvalue weighted by molar-refractivity contribution is 5.99. The van der Waals surface area contributed by atoms with Crippen molar-refractivity contribution in [3.8, 4) is 5.75 Å². The maximum Gasteiger partial charge on any atom is 0.329 e. The van der Waals surface area contributed by atoms with Gasteiger partial charge in [-0.1, -0.05) is 25.3 Å². The van der Waals surface area contributed by atoms with E-state index in [4.69, 9.17) is 0 Å². The van der Waals surface area contributed by atoms with Crippen LogP contribution in [0.3, 0.4) is 0 Å². The summed E-state index contributed by atoms with van der Waals surface area (Å²) >= 11 is 0. The standard InChI is InChI=1S/C15H19NO4/c1-10-11(6-5-7-12(10)17)13(18)16-15(14(19)20)8-3-2-4-9-15/h5-7,17H,2-4,8-9H2,1H3,(H,16,18)(H,19,20). The topological polar surface area (TPSA) is 86.6 Å². The molecule has 0 aliphatic heterocycles. The number of carbonyl (C=O) groups is 2. The first-order valence-electron chi connectivity index (χ1n) is 6.81. The van der Waals surface area contributed by atoms with Crippen LogP contribution in [-0.2, 0) is 4.79 Å². The van der Waals surface area contributed by atoms with Crippen LogP contribution in [0.1, 0.15) is 48.0 Å². The first-order chi connectivity index (χ1) is 9.46. The molecule has 0 bridgehead atoms. The summed E-state index contributed by atoms with van der Waals surface area (Å²) in [6.45, 7) is 1.64. The fourth-order valence-electron chi connectivity index (χ4n) is 2.70. The number of hydrogen-bond donors (Lipinski definition) is 3. The van der Waals surface area contributed by atoms with Crippen LogP contribution in [0.2, 0.25) is 0 Å². The van der Waals surface area contributed by atoms with Gasteiger partial charge < -0.3 is 15.5 Å². The van der Waals surface area contributed by atoms with Crippen molar-refractivity contribution < 1.29 is 19.8 Å². The molecule has 108 valence electrons. The molecule has 1 fully saturated rings. The highest BCUT2D eigenvalue weighted by Crippen LogP contribution is 2.29. The number of carboxylic acids is 1. The first kappa shape index (κ1) is 14.4. The molecule has 0 spiro atoms. The molecular formula is C15H19NO4. The monoisotopic (exact) mass is 277 g/mol. The molecule has 0 aromatic heterocycles. The van der Waals surface area contributed by atoms with Crippen LogP contribution in [0.25, 0.3) is 0 Å². The Bertz CT molecular complexity index is 533. The third-order valence-electron chi connectivity index (χ3n) is 4.02. The summed E-state index contributed by atoms with van der Waals surface area (Å²) in [5, 5.41) is 21.7. The predicted molar refractivity (Wildman–Crippen MR) is 73.8 cm³/mol. The highest BCUT2D eigenvalue weighted by Gasteiger charge is 2.41. The summed E-state index contributed by atoms with van der Waals surface area (Å²) in [7, 11) is 0. The molecule has 1 aromatic rings. The average Bonchev–Trinajstić information content (AvgIpc) is 2.42. The minimum atomic E-state index is -1.17. The molecule has 0 unspecified atom stereocenters. The van der Waals surface area contributed by atoms with E-state index < -0.39 is 17.4 Å². The van der Waals surface area contributed by atoms with Gasteiger partial charge in [0.05, 0.1) is 0 Å². The Kier molecular flexibility index (Phi) is 3.97. The molecule has 20 heavy (non-hydrogen) atoms. The van der Waals surface area contributed by atoms with Gasteiger partial charge in [-0.15, -0.1) is 0 Å². The second-order valence-corrected chi connectivity index (χ2v) is 5.35. The Morgan fingerprint density at radius 1 is 1.20 bits per heavy atom. The van der Waals surface area contributed by atoms with Crippen molar-refractivity contribution in [2.24, 2.45) is 0 Å². The summed E-state index contributed by atoms with van der Waals surface area (Å²) in [4.78, 5) is 23.8.